The van der Waals surface area contributed by atoms with Gasteiger partial charge in [0.1, 0.15) is 24.3 Å². The number of halogens is 1. The maximum absolute atomic E-state index is 13.8. The molecular weight excluding hydrogens is 501 g/mol. The predicted octanol–water partition coefficient (Wildman–Crippen LogP) is 4.43. The van der Waals surface area contributed by atoms with E-state index in [4.69, 9.17) is 9.47 Å². The van der Waals surface area contributed by atoms with Gasteiger partial charge in [-0.1, -0.05) is 37.5 Å². The van der Waals surface area contributed by atoms with Crippen molar-refractivity contribution in [2.75, 3.05) is 19.0 Å². The molecule has 3 aliphatic rings. The highest BCUT2D eigenvalue weighted by molar-refractivity contribution is 6.00. The van der Waals surface area contributed by atoms with E-state index >= 15 is 0 Å². The van der Waals surface area contributed by atoms with Gasteiger partial charge in [-0.3, -0.25) is 14.4 Å². The number of fused-ring (bicyclic) bond motifs is 2. The molecule has 0 aromatic heterocycles. The monoisotopic (exact) mass is 537 g/mol. The first-order chi connectivity index (χ1) is 18.9. The Hall–Kier alpha value is -3.46. The third kappa shape index (κ3) is 6.41. The molecule has 208 valence electrons. The van der Waals surface area contributed by atoms with Crippen LogP contribution < -0.4 is 15.4 Å². The first kappa shape index (κ1) is 27.1. The van der Waals surface area contributed by atoms with E-state index in [0.29, 0.717) is 35.4 Å². The Balaban J connectivity index is 1.20. The van der Waals surface area contributed by atoms with Crippen LogP contribution in [0.1, 0.15) is 67.3 Å². The molecule has 0 spiro atoms. The summed E-state index contributed by atoms with van der Waals surface area (Å²) in [6.45, 7) is 0.348. The van der Waals surface area contributed by atoms with Crippen molar-refractivity contribution in [2.24, 2.45) is 5.92 Å². The Bertz CT molecular complexity index is 1210. The summed E-state index contributed by atoms with van der Waals surface area (Å²) in [5, 5.41) is 5.75. The lowest BCUT2D eigenvalue weighted by molar-refractivity contribution is -0.134. The van der Waals surface area contributed by atoms with Crippen molar-refractivity contribution in [2.45, 2.75) is 76.2 Å². The lowest BCUT2D eigenvalue weighted by Crippen LogP contribution is -2.53. The molecule has 2 heterocycles. The fourth-order valence-electron chi connectivity index (χ4n) is 5.83. The molecule has 3 atom stereocenters. The quantitative estimate of drug-likeness (QED) is 0.568. The van der Waals surface area contributed by atoms with Gasteiger partial charge in [-0.05, 0) is 49.9 Å². The molecule has 39 heavy (non-hydrogen) atoms. The van der Waals surface area contributed by atoms with Crippen LogP contribution in [0.15, 0.2) is 42.5 Å². The van der Waals surface area contributed by atoms with Gasteiger partial charge in [0, 0.05) is 30.8 Å². The largest absolute Gasteiger partial charge is 0.490 e. The summed E-state index contributed by atoms with van der Waals surface area (Å²) < 4.78 is 26.1. The first-order valence-corrected chi connectivity index (χ1v) is 13.9. The number of nitrogens with zero attached hydrogens (tertiary/aromatic N) is 1. The lowest BCUT2D eigenvalue weighted by atomic mass is 9.88. The zero-order valence-corrected chi connectivity index (χ0v) is 22.3. The smallest absolute Gasteiger partial charge is 0.257 e. The standard InChI is InChI=1S/C30H36FN3O5/c1-34-25-13-12-22(16-28(35)32-17-20-9-5-6-10-24(20)31)39-27(25)18-38-26-14-11-21(15-23(26)30(34)37)33-29(36)19-7-3-2-4-8-19/h5-6,9-11,14-15,19,22,25,27H,2-4,7-8,12-13,16-18H2,1H3,(H,32,35)(H,33,36)/t22-,25+,27-/m0/s1. The zero-order valence-electron chi connectivity index (χ0n) is 22.3. The maximum atomic E-state index is 13.8. The SMILES string of the molecule is CN1C(=O)c2cc(NC(=O)C3CCCCC3)ccc2OC[C@@H]2O[C@H](CC(=O)NCc3ccccc3F)CC[C@H]21. The first-order valence-electron chi connectivity index (χ1n) is 13.9. The Labute approximate surface area is 228 Å². The fourth-order valence-corrected chi connectivity index (χ4v) is 5.83. The van der Waals surface area contributed by atoms with Gasteiger partial charge in [0.15, 0.2) is 0 Å². The lowest BCUT2D eigenvalue weighted by Gasteiger charge is -2.42. The molecule has 2 fully saturated rings. The average molecular weight is 538 g/mol. The maximum Gasteiger partial charge on any atom is 0.257 e. The molecule has 2 aromatic rings. The summed E-state index contributed by atoms with van der Waals surface area (Å²) in [6, 6.07) is 11.3. The van der Waals surface area contributed by atoms with Crippen molar-refractivity contribution in [3.8, 4) is 5.75 Å². The zero-order chi connectivity index (χ0) is 27.4. The van der Waals surface area contributed by atoms with E-state index in [9.17, 15) is 18.8 Å². The molecule has 9 heteroatoms. The van der Waals surface area contributed by atoms with Crippen molar-refractivity contribution in [3.63, 3.8) is 0 Å². The van der Waals surface area contributed by atoms with Crippen LogP contribution in [0.25, 0.3) is 0 Å². The third-order valence-corrected chi connectivity index (χ3v) is 8.10. The molecule has 1 aliphatic carbocycles. The second kappa shape index (κ2) is 12.2. The highest BCUT2D eigenvalue weighted by atomic mass is 19.1. The number of hydrogen-bond acceptors (Lipinski definition) is 5. The second-order valence-electron chi connectivity index (χ2n) is 10.8. The van der Waals surface area contributed by atoms with Gasteiger partial charge in [0.05, 0.1) is 24.1 Å². The molecule has 3 amide bonds. The minimum absolute atomic E-state index is 0.00643. The van der Waals surface area contributed by atoms with E-state index in [2.05, 4.69) is 10.6 Å². The van der Waals surface area contributed by atoms with Crippen LogP contribution in [-0.2, 0) is 20.9 Å². The van der Waals surface area contributed by atoms with Gasteiger partial charge in [-0.25, -0.2) is 4.39 Å². The molecule has 8 nitrogen and oxygen atoms in total. The van der Waals surface area contributed by atoms with Gasteiger partial charge >= 0.3 is 0 Å². The Morgan fingerprint density at radius 1 is 1.05 bits per heavy atom. The van der Waals surface area contributed by atoms with Crippen molar-refractivity contribution >= 4 is 23.4 Å². The molecule has 1 saturated carbocycles. The molecule has 1 saturated heterocycles. The van der Waals surface area contributed by atoms with Crippen LogP contribution in [0.4, 0.5) is 10.1 Å². The Kier molecular flexibility index (Phi) is 8.45. The molecule has 0 bridgehead atoms. The van der Waals surface area contributed by atoms with Gasteiger partial charge < -0.3 is 25.0 Å². The summed E-state index contributed by atoms with van der Waals surface area (Å²) in [5.41, 5.74) is 1.43. The Morgan fingerprint density at radius 2 is 1.85 bits per heavy atom. The summed E-state index contributed by atoms with van der Waals surface area (Å²) in [6.07, 6.45) is 5.83. The van der Waals surface area contributed by atoms with Crippen LogP contribution >= 0.6 is 0 Å². The van der Waals surface area contributed by atoms with E-state index in [1.165, 1.54) is 12.5 Å². The van der Waals surface area contributed by atoms with Crippen LogP contribution in [0.2, 0.25) is 0 Å². The van der Waals surface area contributed by atoms with E-state index in [-0.39, 0.29) is 61.2 Å². The molecule has 0 radical (unpaired) electrons. The van der Waals surface area contributed by atoms with E-state index < -0.39 is 6.10 Å². The van der Waals surface area contributed by atoms with E-state index in [1.807, 2.05) is 0 Å². The predicted molar refractivity (Wildman–Crippen MR) is 144 cm³/mol. The van der Waals surface area contributed by atoms with Gasteiger partial charge in [-0.2, -0.15) is 0 Å². The molecule has 5 rings (SSSR count). The second-order valence-corrected chi connectivity index (χ2v) is 10.8. The molecule has 0 unspecified atom stereocenters. The number of anilines is 1. The Morgan fingerprint density at radius 3 is 2.64 bits per heavy atom. The van der Waals surface area contributed by atoms with Crippen LogP contribution in [0.5, 0.6) is 5.75 Å². The third-order valence-electron chi connectivity index (χ3n) is 8.10. The number of rotatable bonds is 6. The minimum atomic E-state index is -0.393. The number of likely N-dealkylation sites (N-methyl/N-ethyl adjacent to an activating group) is 1. The van der Waals surface area contributed by atoms with E-state index in [1.54, 1.807) is 48.3 Å². The average Bonchev–Trinajstić information content (AvgIpc) is 2.95. The molecule has 2 N–H and O–H groups in total. The number of carbonyl (C=O) groups is 3. The van der Waals surface area contributed by atoms with E-state index in [0.717, 1.165) is 25.7 Å². The number of ether oxygens (including phenoxy) is 2. The number of nitrogens with one attached hydrogen (secondary N) is 2. The number of hydrogen-bond donors (Lipinski definition) is 2. The molecule has 2 aromatic carbocycles. The number of amides is 3. The normalized spacial score (nSPS) is 23.5. The van der Waals surface area contributed by atoms with Gasteiger partial charge in [-0.15, -0.1) is 0 Å². The van der Waals surface area contributed by atoms with Crippen molar-refractivity contribution in [1.82, 2.24) is 10.2 Å². The summed E-state index contributed by atoms with van der Waals surface area (Å²) in [4.78, 5) is 40.4. The number of benzene rings is 2. The molecule has 2 aliphatic heterocycles. The summed E-state index contributed by atoms with van der Waals surface area (Å²) in [5.74, 6) is -0.302. The minimum Gasteiger partial charge on any atom is -0.490 e. The van der Waals surface area contributed by atoms with Crippen molar-refractivity contribution < 1.29 is 28.2 Å². The van der Waals surface area contributed by atoms with Crippen LogP contribution in [-0.4, -0.2) is 54.5 Å². The highest BCUT2D eigenvalue weighted by Gasteiger charge is 2.39. The highest BCUT2D eigenvalue weighted by Crippen LogP contribution is 2.33. The fraction of sp³-hybridized carbons (Fsp3) is 0.500. The summed E-state index contributed by atoms with van der Waals surface area (Å²) in [7, 11) is 1.76. The summed E-state index contributed by atoms with van der Waals surface area (Å²) >= 11 is 0. The van der Waals surface area contributed by atoms with Crippen LogP contribution in [0.3, 0.4) is 0 Å². The van der Waals surface area contributed by atoms with Crippen molar-refractivity contribution in [3.05, 3.63) is 59.4 Å². The molecular formula is C30H36FN3O5. The van der Waals surface area contributed by atoms with Gasteiger partial charge in [0.2, 0.25) is 11.8 Å². The van der Waals surface area contributed by atoms with Crippen molar-refractivity contribution in [1.29, 1.82) is 0 Å². The van der Waals surface area contributed by atoms with Crippen LogP contribution in [0, 0.1) is 11.7 Å². The number of carbonyl (C=O) groups excluding carboxylic acids is 3. The van der Waals surface area contributed by atoms with Gasteiger partial charge in [0.25, 0.3) is 5.91 Å². The topological polar surface area (TPSA) is 97.0 Å².